The quantitative estimate of drug-likeness (QED) is 0.350. The number of amides is 1. The lowest BCUT2D eigenvalue weighted by atomic mass is 9.43. The van der Waals surface area contributed by atoms with Gasteiger partial charge in [-0.05, 0) is 142 Å². The predicted molar refractivity (Wildman–Crippen MR) is 158 cm³/mol. The van der Waals surface area contributed by atoms with E-state index in [1.807, 2.05) is 44.2 Å². The van der Waals surface area contributed by atoms with Crippen LogP contribution in [0.1, 0.15) is 111 Å². The maximum atomic E-state index is 12.3. The number of ether oxygens (including phenoxy) is 1. The van der Waals surface area contributed by atoms with E-state index in [-0.39, 0.29) is 6.09 Å². The lowest BCUT2D eigenvalue weighted by Crippen LogP contribution is -2.54. The molecule has 4 aliphatic rings. The third kappa shape index (κ3) is 6.07. The second kappa shape index (κ2) is 11.4. The summed E-state index contributed by atoms with van der Waals surface area (Å²) in [6.07, 6.45) is 14.1. The van der Waals surface area contributed by atoms with Crippen molar-refractivity contribution in [1.29, 1.82) is 0 Å². The molecule has 0 saturated heterocycles. The zero-order chi connectivity index (χ0) is 27.8. The molecule has 0 spiro atoms. The van der Waals surface area contributed by atoms with Crippen LogP contribution in [0.4, 0.5) is 4.79 Å². The SMILES string of the molecule is C[C@H](CCNC(=O)OCc1ccccc1)[C@H]1CC[C@H]2[C@@H]3CC[C@@H]4C[C@H](CC(C)(C)O)CC[C@]4(C)[C@H]3CC[C@]12C. The van der Waals surface area contributed by atoms with Crippen LogP contribution in [0, 0.1) is 52.3 Å². The molecule has 2 N–H and O–H groups in total. The molecule has 4 heteroatoms. The van der Waals surface area contributed by atoms with Crippen LogP contribution in [-0.2, 0) is 11.3 Å². The molecule has 0 unspecified atom stereocenters. The fourth-order valence-corrected chi connectivity index (χ4v) is 10.6. The molecule has 39 heavy (non-hydrogen) atoms. The van der Waals surface area contributed by atoms with Crippen LogP contribution < -0.4 is 5.32 Å². The molecular formula is C35H55NO3. The predicted octanol–water partition coefficient (Wildman–Crippen LogP) is 8.38. The number of carbonyl (C=O) groups is 1. The Kier molecular flexibility index (Phi) is 8.45. The number of fused-ring (bicyclic) bond motifs is 5. The van der Waals surface area contributed by atoms with Gasteiger partial charge in [0.15, 0.2) is 0 Å². The van der Waals surface area contributed by atoms with Crippen molar-refractivity contribution in [3.05, 3.63) is 35.9 Å². The Labute approximate surface area is 238 Å². The summed E-state index contributed by atoms with van der Waals surface area (Å²) >= 11 is 0. The molecule has 5 rings (SSSR count). The maximum absolute atomic E-state index is 12.3. The third-order valence-electron chi connectivity index (χ3n) is 12.4. The van der Waals surface area contributed by atoms with Crippen LogP contribution >= 0.6 is 0 Å². The Morgan fingerprint density at radius 1 is 1.03 bits per heavy atom. The van der Waals surface area contributed by atoms with Gasteiger partial charge in [-0.2, -0.15) is 0 Å². The molecule has 1 aromatic rings. The van der Waals surface area contributed by atoms with Gasteiger partial charge in [0.25, 0.3) is 0 Å². The largest absolute Gasteiger partial charge is 0.445 e. The van der Waals surface area contributed by atoms with Gasteiger partial charge in [0, 0.05) is 6.54 Å². The highest BCUT2D eigenvalue weighted by atomic mass is 16.5. The summed E-state index contributed by atoms with van der Waals surface area (Å²) in [7, 11) is 0. The van der Waals surface area contributed by atoms with E-state index in [9.17, 15) is 9.90 Å². The average molecular weight is 538 g/mol. The smallest absolute Gasteiger partial charge is 0.407 e. The molecule has 0 bridgehead atoms. The summed E-state index contributed by atoms with van der Waals surface area (Å²) in [4.78, 5) is 12.3. The van der Waals surface area contributed by atoms with Gasteiger partial charge in [-0.15, -0.1) is 0 Å². The minimum atomic E-state index is -0.532. The fraction of sp³-hybridized carbons (Fsp3) is 0.800. The summed E-state index contributed by atoms with van der Waals surface area (Å²) in [5.74, 6) is 5.61. The molecule has 0 aliphatic heterocycles. The second-order valence-corrected chi connectivity index (χ2v) is 15.3. The summed E-state index contributed by atoms with van der Waals surface area (Å²) in [5.41, 5.74) is 1.45. The van der Waals surface area contributed by atoms with Gasteiger partial charge in [-0.25, -0.2) is 4.79 Å². The standard InChI is InChI=1S/C35H55NO3/c1-24(17-20-36-32(37)39-23-25-9-7-6-8-10-25)29-13-14-30-28-12-11-27-21-26(22-33(2,3)38)15-18-34(27,4)31(28)16-19-35(29,30)5/h6-10,24,26-31,38H,11-23H2,1-5H3,(H,36,37)/t24-,26-,27-,28+,29-,30+,31+,34+,35-/m1/s1. The molecule has 4 saturated carbocycles. The second-order valence-electron chi connectivity index (χ2n) is 15.3. The van der Waals surface area contributed by atoms with Crippen molar-refractivity contribution in [1.82, 2.24) is 5.32 Å². The Hall–Kier alpha value is -1.55. The van der Waals surface area contributed by atoms with Gasteiger partial charge >= 0.3 is 6.09 Å². The van der Waals surface area contributed by atoms with E-state index in [1.54, 1.807) is 0 Å². The first-order chi connectivity index (χ1) is 18.5. The minimum Gasteiger partial charge on any atom is -0.445 e. The third-order valence-corrected chi connectivity index (χ3v) is 12.4. The first kappa shape index (κ1) is 29.0. The molecule has 0 aromatic heterocycles. The number of aliphatic hydroxyl groups is 1. The number of hydrogen-bond donors (Lipinski definition) is 2. The zero-order valence-corrected chi connectivity index (χ0v) is 25.4. The van der Waals surface area contributed by atoms with E-state index < -0.39 is 5.60 Å². The first-order valence-corrected chi connectivity index (χ1v) is 16.2. The van der Waals surface area contributed by atoms with Gasteiger partial charge in [-0.3, -0.25) is 0 Å². The van der Waals surface area contributed by atoms with Crippen molar-refractivity contribution in [2.24, 2.45) is 52.3 Å². The number of benzene rings is 1. The lowest BCUT2D eigenvalue weighted by Gasteiger charge is -2.61. The molecule has 4 nitrogen and oxygen atoms in total. The molecule has 4 fully saturated rings. The number of rotatable bonds is 8. The van der Waals surface area contributed by atoms with E-state index in [0.717, 1.165) is 48.0 Å². The van der Waals surface area contributed by atoms with Gasteiger partial charge < -0.3 is 15.2 Å². The van der Waals surface area contributed by atoms with Crippen molar-refractivity contribution in [2.45, 2.75) is 117 Å². The van der Waals surface area contributed by atoms with Crippen molar-refractivity contribution in [3.63, 3.8) is 0 Å². The van der Waals surface area contributed by atoms with Crippen LogP contribution in [-0.4, -0.2) is 23.3 Å². The Bertz CT molecular complexity index is 972. The van der Waals surface area contributed by atoms with Crippen molar-refractivity contribution >= 4 is 6.09 Å². The van der Waals surface area contributed by atoms with E-state index in [1.165, 1.54) is 57.8 Å². The first-order valence-electron chi connectivity index (χ1n) is 16.2. The highest BCUT2D eigenvalue weighted by Gasteiger charge is 2.60. The topological polar surface area (TPSA) is 58.6 Å². The number of alkyl carbamates (subject to hydrolysis) is 1. The number of nitrogens with one attached hydrogen (secondary N) is 1. The van der Waals surface area contributed by atoms with Crippen LogP contribution in [0.3, 0.4) is 0 Å². The van der Waals surface area contributed by atoms with Gasteiger partial charge in [0.1, 0.15) is 6.61 Å². The monoisotopic (exact) mass is 537 g/mol. The Balaban J connectivity index is 1.14. The lowest BCUT2D eigenvalue weighted by molar-refractivity contribution is -0.124. The van der Waals surface area contributed by atoms with Crippen LogP contribution in [0.5, 0.6) is 0 Å². The zero-order valence-electron chi connectivity index (χ0n) is 25.4. The molecule has 0 heterocycles. The molecule has 9 atom stereocenters. The Morgan fingerprint density at radius 3 is 2.49 bits per heavy atom. The van der Waals surface area contributed by atoms with Crippen molar-refractivity contribution < 1.29 is 14.6 Å². The van der Waals surface area contributed by atoms with Crippen LogP contribution in [0.15, 0.2) is 30.3 Å². The van der Waals surface area contributed by atoms with Crippen molar-refractivity contribution in [3.8, 4) is 0 Å². The highest BCUT2D eigenvalue weighted by molar-refractivity contribution is 5.67. The average Bonchev–Trinajstić information content (AvgIpc) is 3.25. The number of carbonyl (C=O) groups excluding carboxylic acids is 1. The molecule has 218 valence electrons. The minimum absolute atomic E-state index is 0.302. The van der Waals surface area contributed by atoms with E-state index in [4.69, 9.17) is 4.74 Å². The molecular weight excluding hydrogens is 482 g/mol. The van der Waals surface area contributed by atoms with E-state index in [0.29, 0.717) is 35.8 Å². The fourth-order valence-electron chi connectivity index (χ4n) is 10.6. The summed E-state index contributed by atoms with van der Waals surface area (Å²) in [6, 6.07) is 9.88. The molecule has 0 radical (unpaired) electrons. The van der Waals surface area contributed by atoms with Crippen molar-refractivity contribution in [2.75, 3.05) is 6.54 Å². The normalized spacial score (nSPS) is 38.7. The maximum Gasteiger partial charge on any atom is 0.407 e. The van der Waals surface area contributed by atoms with Crippen LogP contribution in [0.2, 0.25) is 0 Å². The van der Waals surface area contributed by atoms with E-state index in [2.05, 4.69) is 26.1 Å². The molecule has 1 amide bonds. The van der Waals surface area contributed by atoms with Crippen LogP contribution in [0.25, 0.3) is 0 Å². The van der Waals surface area contributed by atoms with Gasteiger partial charge in [-0.1, -0.05) is 51.1 Å². The van der Waals surface area contributed by atoms with Gasteiger partial charge in [0.05, 0.1) is 5.60 Å². The van der Waals surface area contributed by atoms with E-state index >= 15 is 0 Å². The molecule has 4 aliphatic carbocycles. The number of hydrogen-bond acceptors (Lipinski definition) is 3. The Morgan fingerprint density at radius 2 is 1.74 bits per heavy atom. The summed E-state index contributed by atoms with van der Waals surface area (Å²) < 4.78 is 5.42. The highest BCUT2D eigenvalue weighted by Crippen LogP contribution is 2.68. The summed E-state index contributed by atoms with van der Waals surface area (Å²) in [6.45, 7) is 12.7. The summed E-state index contributed by atoms with van der Waals surface area (Å²) in [5, 5.41) is 13.5. The molecule has 1 aromatic carbocycles. The van der Waals surface area contributed by atoms with Gasteiger partial charge in [0.2, 0.25) is 0 Å².